The maximum absolute atomic E-state index is 12.6. The van der Waals surface area contributed by atoms with Crippen LogP contribution in [0.25, 0.3) is 0 Å². The summed E-state index contributed by atoms with van der Waals surface area (Å²) >= 11 is 14.8. The summed E-state index contributed by atoms with van der Waals surface area (Å²) in [7, 11) is 0. The van der Waals surface area contributed by atoms with Gasteiger partial charge in [0, 0.05) is 10.0 Å². The molecule has 154 valence electrons. The van der Waals surface area contributed by atoms with Gasteiger partial charge in [-0.15, -0.1) is 0 Å². The highest BCUT2D eigenvalue weighted by Gasteiger charge is 2.36. The van der Waals surface area contributed by atoms with Gasteiger partial charge in [0.2, 0.25) is 0 Å². The van der Waals surface area contributed by atoms with Crippen LogP contribution in [0.5, 0.6) is 0 Å². The number of rotatable bonds is 3. The summed E-state index contributed by atoms with van der Waals surface area (Å²) in [5, 5.41) is 5.71. The molecule has 1 heterocycles. The number of hydrogen-bond donors (Lipinski definition) is 2. The van der Waals surface area contributed by atoms with Crippen molar-refractivity contribution in [1.29, 1.82) is 0 Å². The van der Waals surface area contributed by atoms with Crippen LogP contribution >= 0.6 is 39.7 Å². The van der Waals surface area contributed by atoms with Gasteiger partial charge in [-0.3, -0.25) is 19.7 Å². The zero-order chi connectivity index (χ0) is 22.1. The standard InChI is InChI=1S/C22H13BrClN3O3S/c23-13-7-5-12(6-8-13)19(28)26-22(31)25-18-10-9-14(11-17(18)24)27-20(29)15-3-1-2-4-16(15)21(27)30/h1-11H,(H2,25,26,28,31). The lowest BCUT2D eigenvalue weighted by Crippen LogP contribution is -2.34. The normalized spacial score (nSPS) is 12.5. The van der Waals surface area contributed by atoms with Gasteiger partial charge in [0.25, 0.3) is 17.7 Å². The second-order valence-corrected chi connectivity index (χ2v) is 8.30. The average molecular weight is 515 g/mol. The van der Waals surface area contributed by atoms with Crippen molar-refractivity contribution in [2.45, 2.75) is 0 Å². The van der Waals surface area contributed by atoms with Crippen molar-refractivity contribution >= 4 is 74.0 Å². The Morgan fingerprint density at radius 3 is 2.13 bits per heavy atom. The third kappa shape index (κ3) is 4.23. The van der Waals surface area contributed by atoms with E-state index < -0.39 is 11.8 Å². The Balaban J connectivity index is 1.48. The number of imide groups is 1. The summed E-state index contributed by atoms with van der Waals surface area (Å²) in [6.07, 6.45) is 0. The fraction of sp³-hybridized carbons (Fsp3) is 0. The number of nitrogens with zero attached hydrogens (tertiary/aromatic N) is 1. The second kappa shape index (κ2) is 8.58. The molecule has 0 radical (unpaired) electrons. The molecule has 2 N–H and O–H groups in total. The fourth-order valence-corrected chi connectivity index (χ4v) is 3.79. The molecule has 0 saturated heterocycles. The summed E-state index contributed by atoms with van der Waals surface area (Å²) in [6, 6.07) is 18.1. The molecule has 9 heteroatoms. The summed E-state index contributed by atoms with van der Waals surface area (Å²) < 4.78 is 0.856. The molecule has 1 aliphatic heterocycles. The van der Waals surface area contributed by atoms with Crippen molar-refractivity contribution in [1.82, 2.24) is 5.32 Å². The molecule has 3 aromatic rings. The number of hydrogen-bond acceptors (Lipinski definition) is 4. The molecule has 0 unspecified atom stereocenters. The summed E-state index contributed by atoms with van der Waals surface area (Å²) in [5.74, 6) is -1.19. The van der Waals surface area contributed by atoms with Gasteiger partial charge < -0.3 is 5.32 Å². The van der Waals surface area contributed by atoms with Gasteiger partial charge in [-0.2, -0.15) is 0 Å². The number of nitrogens with one attached hydrogen (secondary N) is 2. The van der Waals surface area contributed by atoms with E-state index in [9.17, 15) is 14.4 Å². The molecule has 0 atom stereocenters. The van der Waals surface area contributed by atoms with E-state index in [1.807, 2.05) is 0 Å². The molecule has 0 spiro atoms. The van der Waals surface area contributed by atoms with E-state index >= 15 is 0 Å². The first-order valence-electron chi connectivity index (χ1n) is 9.00. The van der Waals surface area contributed by atoms with Crippen molar-refractivity contribution in [2.75, 3.05) is 10.2 Å². The Kier molecular flexibility index (Phi) is 5.86. The van der Waals surface area contributed by atoms with Crippen molar-refractivity contribution in [3.05, 3.63) is 92.9 Å². The minimum absolute atomic E-state index is 0.0586. The van der Waals surface area contributed by atoms with Crippen molar-refractivity contribution < 1.29 is 14.4 Å². The molecule has 0 aromatic heterocycles. The first kappa shape index (κ1) is 21.2. The SMILES string of the molecule is O=C(NC(=S)Nc1ccc(N2C(=O)c3ccccc3C2=O)cc1Cl)c1ccc(Br)cc1. The maximum Gasteiger partial charge on any atom is 0.266 e. The molecule has 0 fully saturated rings. The number of carbonyl (C=O) groups excluding carboxylic acids is 3. The van der Waals surface area contributed by atoms with E-state index in [0.29, 0.717) is 28.1 Å². The number of anilines is 2. The van der Waals surface area contributed by atoms with E-state index in [4.69, 9.17) is 23.8 Å². The Morgan fingerprint density at radius 1 is 0.935 bits per heavy atom. The Hall–Kier alpha value is -3.07. The average Bonchev–Trinajstić information content (AvgIpc) is 3.00. The van der Waals surface area contributed by atoms with Crippen LogP contribution in [0.1, 0.15) is 31.1 Å². The number of halogens is 2. The van der Waals surface area contributed by atoms with E-state index in [0.717, 1.165) is 9.37 Å². The number of thiocarbonyl (C=S) groups is 1. The lowest BCUT2D eigenvalue weighted by Gasteiger charge is -2.16. The van der Waals surface area contributed by atoms with Gasteiger partial charge in [0.15, 0.2) is 5.11 Å². The van der Waals surface area contributed by atoms with Gasteiger partial charge in [0.1, 0.15) is 0 Å². The largest absolute Gasteiger partial charge is 0.331 e. The van der Waals surface area contributed by atoms with E-state index in [1.54, 1.807) is 60.7 Å². The summed E-state index contributed by atoms with van der Waals surface area (Å²) in [5.41, 5.74) is 1.90. The zero-order valence-corrected chi connectivity index (χ0v) is 18.8. The monoisotopic (exact) mass is 513 g/mol. The molecule has 3 amide bonds. The third-order valence-electron chi connectivity index (χ3n) is 4.59. The first-order valence-corrected chi connectivity index (χ1v) is 10.6. The van der Waals surface area contributed by atoms with E-state index in [2.05, 4.69) is 26.6 Å². The van der Waals surface area contributed by atoms with Crippen molar-refractivity contribution in [3.8, 4) is 0 Å². The van der Waals surface area contributed by atoms with E-state index in [-0.39, 0.29) is 16.0 Å². The molecule has 0 aliphatic carbocycles. The lowest BCUT2D eigenvalue weighted by atomic mass is 10.1. The molecule has 6 nitrogen and oxygen atoms in total. The second-order valence-electron chi connectivity index (χ2n) is 6.57. The number of carbonyl (C=O) groups is 3. The van der Waals surface area contributed by atoms with Gasteiger partial charge in [-0.1, -0.05) is 39.7 Å². The highest BCUT2D eigenvalue weighted by Crippen LogP contribution is 2.32. The molecule has 0 bridgehead atoms. The van der Waals surface area contributed by atoms with Crippen LogP contribution in [0.4, 0.5) is 11.4 Å². The predicted octanol–water partition coefficient (Wildman–Crippen LogP) is 5.03. The highest BCUT2D eigenvalue weighted by atomic mass is 79.9. The van der Waals surface area contributed by atoms with Crippen LogP contribution in [-0.2, 0) is 0 Å². The van der Waals surface area contributed by atoms with Crippen LogP contribution in [0.3, 0.4) is 0 Å². The number of benzene rings is 3. The van der Waals surface area contributed by atoms with Crippen LogP contribution < -0.4 is 15.5 Å². The van der Waals surface area contributed by atoms with Gasteiger partial charge in [0.05, 0.1) is 27.5 Å². The zero-order valence-electron chi connectivity index (χ0n) is 15.7. The molecule has 1 aliphatic rings. The van der Waals surface area contributed by atoms with Crippen LogP contribution in [0, 0.1) is 0 Å². The third-order valence-corrected chi connectivity index (χ3v) is 5.63. The lowest BCUT2D eigenvalue weighted by molar-refractivity contribution is 0.0923. The Labute approximate surface area is 196 Å². The van der Waals surface area contributed by atoms with Crippen molar-refractivity contribution in [2.24, 2.45) is 0 Å². The highest BCUT2D eigenvalue weighted by molar-refractivity contribution is 9.10. The predicted molar refractivity (Wildman–Crippen MR) is 127 cm³/mol. The van der Waals surface area contributed by atoms with Crippen molar-refractivity contribution in [3.63, 3.8) is 0 Å². The topological polar surface area (TPSA) is 78.5 Å². The van der Waals surface area contributed by atoms with Gasteiger partial charge in [-0.25, -0.2) is 4.90 Å². The molecule has 4 rings (SSSR count). The smallest absolute Gasteiger partial charge is 0.266 e. The number of amides is 3. The minimum Gasteiger partial charge on any atom is -0.331 e. The van der Waals surface area contributed by atoms with Crippen LogP contribution in [0.2, 0.25) is 5.02 Å². The molecule has 0 saturated carbocycles. The minimum atomic E-state index is -0.408. The number of fused-ring (bicyclic) bond motifs is 1. The summed E-state index contributed by atoms with van der Waals surface area (Å²) in [6.45, 7) is 0. The Morgan fingerprint density at radius 2 is 1.55 bits per heavy atom. The fourth-order valence-electron chi connectivity index (χ4n) is 3.10. The van der Waals surface area contributed by atoms with E-state index in [1.165, 1.54) is 6.07 Å². The maximum atomic E-state index is 12.6. The van der Waals surface area contributed by atoms with Gasteiger partial charge in [-0.05, 0) is 66.8 Å². The first-order chi connectivity index (χ1) is 14.8. The molecule has 3 aromatic carbocycles. The molecular weight excluding hydrogens is 502 g/mol. The van der Waals surface area contributed by atoms with Gasteiger partial charge >= 0.3 is 0 Å². The quantitative estimate of drug-likeness (QED) is 0.379. The molecule has 31 heavy (non-hydrogen) atoms. The van der Waals surface area contributed by atoms with Crippen LogP contribution in [0.15, 0.2) is 71.2 Å². The Bertz CT molecular complexity index is 1210. The molecular formula is C22H13BrClN3O3S. The van der Waals surface area contributed by atoms with Crippen LogP contribution in [-0.4, -0.2) is 22.8 Å². The summed E-state index contributed by atoms with van der Waals surface area (Å²) in [4.78, 5) is 38.6.